The summed E-state index contributed by atoms with van der Waals surface area (Å²) in [5.41, 5.74) is 0.408. The first-order valence-corrected chi connectivity index (χ1v) is 5.84. The van der Waals surface area contributed by atoms with Crippen LogP contribution >= 0.6 is 0 Å². The second-order valence-electron chi connectivity index (χ2n) is 4.94. The predicted octanol–water partition coefficient (Wildman–Crippen LogP) is 2.76. The van der Waals surface area contributed by atoms with Crippen LogP contribution in [0.15, 0.2) is 12.3 Å². The third-order valence-electron chi connectivity index (χ3n) is 2.11. The molecule has 0 radical (unpaired) electrons. The molecule has 5 nitrogen and oxygen atoms in total. The van der Waals surface area contributed by atoms with Gasteiger partial charge in [-0.2, -0.15) is 0 Å². The molecule has 1 aromatic rings. The van der Waals surface area contributed by atoms with Gasteiger partial charge in [0, 0.05) is 11.9 Å². The molecule has 0 fully saturated rings. The molecule has 0 saturated heterocycles. The zero-order valence-electron chi connectivity index (χ0n) is 11.4. The molecule has 1 aromatic heterocycles. The van der Waals surface area contributed by atoms with Crippen molar-refractivity contribution in [2.75, 3.05) is 6.61 Å². The number of hydrogen-bond acceptors (Lipinski definition) is 4. The van der Waals surface area contributed by atoms with Crippen molar-refractivity contribution >= 4 is 12.1 Å². The van der Waals surface area contributed by atoms with E-state index < -0.39 is 17.7 Å². The van der Waals surface area contributed by atoms with Gasteiger partial charge in [0.2, 0.25) is 0 Å². The molecule has 1 heterocycles. The van der Waals surface area contributed by atoms with E-state index in [-0.39, 0.29) is 0 Å². The molecule has 0 bridgehead atoms. The van der Waals surface area contributed by atoms with Crippen LogP contribution in [0.2, 0.25) is 0 Å². The molecular formula is C13H19NO4. The van der Waals surface area contributed by atoms with Crippen LogP contribution in [0, 0.1) is 6.92 Å². The number of aromatic nitrogens is 1. The number of carbonyl (C=O) groups is 2. The lowest BCUT2D eigenvalue weighted by atomic mass is 10.2. The highest BCUT2D eigenvalue weighted by Gasteiger charge is 2.20. The van der Waals surface area contributed by atoms with Gasteiger partial charge in [0.05, 0.1) is 12.2 Å². The Morgan fingerprint density at radius 1 is 1.33 bits per heavy atom. The Morgan fingerprint density at radius 3 is 2.44 bits per heavy atom. The van der Waals surface area contributed by atoms with Crippen LogP contribution in [0.5, 0.6) is 0 Å². The molecule has 0 atom stereocenters. The van der Waals surface area contributed by atoms with Crippen LogP contribution in [0.25, 0.3) is 0 Å². The number of hydrogen-bond donors (Lipinski definition) is 0. The van der Waals surface area contributed by atoms with E-state index in [0.29, 0.717) is 17.9 Å². The van der Waals surface area contributed by atoms with Gasteiger partial charge in [-0.25, -0.2) is 9.59 Å². The Hall–Kier alpha value is -1.78. The van der Waals surface area contributed by atoms with Crippen molar-refractivity contribution in [1.29, 1.82) is 0 Å². The van der Waals surface area contributed by atoms with E-state index in [1.807, 2.05) is 0 Å². The zero-order chi connectivity index (χ0) is 13.9. The Bertz CT molecular complexity index is 454. The van der Waals surface area contributed by atoms with Gasteiger partial charge in [0.25, 0.3) is 0 Å². The first-order valence-electron chi connectivity index (χ1n) is 5.84. The van der Waals surface area contributed by atoms with Crippen molar-refractivity contribution in [2.24, 2.45) is 0 Å². The van der Waals surface area contributed by atoms with Crippen molar-refractivity contribution in [3.05, 3.63) is 23.5 Å². The minimum atomic E-state index is -0.572. The van der Waals surface area contributed by atoms with Crippen molar-refractivity contribution in [2.45, 2.75) is 40.2 Å². The molecule has 0 saturated carbocycles. The van der Waals surface area contributed by atoms with E-state index in [0.717, 1.165) is 0 Å². The molecule has 0 aromatic carbocycles. The monoisotopic (exact) mass is 253 g/mol. The van der Waals surface area contributed by atoms with Crippen molar-refractivity contribution in [1.82, 2.24) is 4.57 Å². The van der Waals surface area contributed by atoms with E-state index in [9.17, 15) is 9.59 Å². The first-order chi connectivity index (χ1) is 8.24. The fraction of sp³-hybridized carbons (Fsp3) is 0.538. The van der Waals surface area contributed by atoms with Crippen LogP contribution < -0.4 is 0 Å². The summed E-state index contributed by atoms with van der Waals surface area (Å²) in [6, 6.07) is 1.60. The Kier molecular flexibility index (Phi) is 4.16. The van der Waals surface area contributed by atoms with E-state index in [1.165, 1.54) is 10.8 Å². The Labute approximate surface area is 107 Å². The maximum atomic E-state index is 11.9. The molecule has 5 heteroatoms. The predicted molar refractivity (Wildman–Crippen MR) is 66.8 cm³/mol. The minimum Gasteiger partial charge on any atom is -0.462 e. The molecule has 0 amide bonds. The Balaban J connectivity index is 2.91. The smallest absolute Gasteiger partial charge is 0.418 e. The quantitative estimate of drug-likeness (QED) is 0.760. The lowest BCUT2D eigenvalue weighted by molar-refractivity contribution is 0.0525. The van der Waals surface area contributed by atoms with Crippen molar-refractivity contribution < 1.29 is 19.1 Å². The highest BCUT2D eigenvalue weighted by molar-refractivity contribution is 5.90. The normalized spacial score (nSPS) is 11.2. The third-order valence-corrected chi connectivity index (χ3v) is 2.11. The second kappa shape index (κ2) is 5.25. The molecule has 18 heavy (non-hydrogen) atoms. The summed E-state index contributed by atoms with van der Waals surface area (Å²) < 4.78 is 11.4. The maximum absolute atomic E-state index is 11.9. The van der Waals surface area contributed by atoms with Crippen LogP contribution in [0.1, 0.15) is 43.7 Å². The fourth-order valence-corrected chi connectivity index (χ4v) is 1.41. The number of nitrogens with zero attached hydrogens (tertiary/aromatic N) is 1. The minimum absolute atomic E-state index is 0.301. The maximum Gasteiger partial charge on any atom is 0.418 e. The van der Waals surface area contributed by atoms with Gasteiger partial charge in [0.15, 0.2) is 0 Å². The number of ether oxygens (including phenoxy) is 2. The van der Waals surface area contributed by atoms with Crippen molar-refractivity contribution in [3.8, 4) is 0 Å². The summed E-state index contributed by atoms with van der Waals surface area (Å²) in [4.78, 5) is 23.4. The van der Waals surface area contributed by atoms with Crippen molar-refractivity contribution in [3.63, 3.8) is 0 Å². The molecule has 0 spiro atoms. The number of esters is 1. The molecule has 0 unspecified atom stereocenters. The van der Waals surface area contributed by atoms with Gasteiger partial charge in [0.1, 0.15) is 5.60 Å². The molecule has 100 valence electrons. The van der Waals surface area contributed by atoms with E-state index in [4.69, 9.17) is 9.47 Å². The summed E-state index contributed by atoms with van der Waals surface area (Å²) >= 11 is 0. The van der Waals surface area contributed by atoms with Gasteiger partial charge in [-0.3, -0.25) is 4.57 Å². The van der Waals surface area contributed by atoms with E-state index in [2.05, 4.69) is 0 Å². The van der Waals surface area contributed by atoms with E-state index >= 15 is 0 Å². The molecular weight excluding hydrogens is 234 g/mol. The van der Waals surface area contributed by atoms with Crippen LogP contribution in [0.3, 0.4) is 0 Å². The average molecular weight is 253 g/mol. The Morgan fingerprint density at radius 2 is 1.94 bits per heavy atom. The van der Waals surface area contributed by atoms with Crippen LogP contribution in [-0.2, 0) is 9.47 Å². The summed E-state index contributed by atoms with van der Waals surface area (Å²) in [7, 11) is 0. The average Bonchev–Trinajstić information content (AvgIpc) is 2.58. The van der Waals surface area contributed by atoms with Gasteiger partial charge >= 0.3 is 12.1 Å². The largest absolute Gasteiger partial charge is 0.462 e. The van der Waals surface area contributed by atoms with E-state index in [1.54, 1.807) is 40.7 Å². The molecule has 0 N–H and O–H groups in total. The second-order valence-corrected chi connectivity index (χ2v) is 4.94. The lowest BCUT2D eigenvalue weighted by Crippen LogP contribution is -2.27. The topological polar surface area (TPSA) is 57.5 Å². The number of rotatable bonds is 2. The molecule has 0 aliphatic heterocycles. The highest BCUT2D eigenvalue weighted by atomic mass is 16.6. The summed E-state index contributed by atoms with van der Waals surface area (Å²) in [5, 5.41) is 0. The summed E-state index contributed by atoms with van der Waals surface area (Å²) in [6.45, 7) is 9.12. The van der Waals surface area contributed by atoms with Gasteiger partial charge in [-0.1, -0.05) is 0 Å². The standard InChI is InChI=1S/C13H19NO4/c1-6-17-11(15)10-7-9(2)14(8-10)12(16)18-13(3,4)5/h7-8H,6H2,1-5H3. The summed E-state index contributed by atoms with van der Waals surface area (Å²) in [5.74, 6) is -0.442. The SMILES string of the molecule is CCOC(=O)c1cc(C)n(C(=O)OC(C)(C)C)c1. The summed E-state index contributed by atoms with van der Waals surface area (Å²) in [6.07, 6.45) is 0.928. The lowest BCUT2D eigenvalue weighted by Gasteiger charge is -2.19. The zero-order valence-corrected chi connectivity index (χ0v) is 11.4. The van der Waals surface area contributed by atoms with Crippen LogP contribution in [0.4, 0.5) is 4.79 Å². The fourth-order valence-electron chi connectivity index (χ4n) is 1.41. The number of carbonyl (C=O) groups excluding carboxylic acids is 2. The number of aryl methyl sites for hydroxylation is 1. The molecule has 0 aliphatic carbocycles. The highest BCUT2D eigenvalue weighted by Crippen LogP contribution is 2.14. The van der Waals surface area contributed by atoms with Gasteiger partial charge in [-0.05, 0) is 40.7 Å². The van der Waals surface area contributed by atoms with Crippen LogP contribution in [-0.4, -0.2) is 28.8 Å². The third kappa shape index (κ3) is 3.61. The van der Waals surface area contributed by atoms with Gasteiger partial charge in [-0.15, -0.1) is 0 Å². The molecule has 0 aliphatic rings. The first kappa shape index (κ1) is 14.3. The van der Waals surface area contributed by atoms with Gasteiger partial charge < -0.3 is 9.47 Å². The molecule has 1 rings (SSSR count).